The third-order valence-electron chi connectivity index (χ3n) is 4.17. The molecule has 26 heavy (non-hydrogen) atoms. The highest BCUT2D eigenvalue weighted by Crippen LogP contribution is 2.15. The predicted molar refractivity (Wildman–Crippen MR) is 102 cm³/mol. The zero-order chi connectivity index (χ0) is 18.5. The maximum absolute atomic E-state index is 12.7. The lowest BCUT2D eigenvalue weighted by molar-refractivity contribution is 0.292. The van der Waals surface area contributed by atoms with Crippen LogP contribution in [0.5, 0.6) is 5.75 Å². The molecule has 0 aliphatic rings. The molecule has 134 valence electrons. The van der Waals surface area contributed by atoms with Gasteiger partial charge in [-0.2, -0.15) is 0 Å². The first-order chi connectivity index (χ1) is 12.6. The second-order valence-corrected chi connectivity index (χ2v) is 6.33. The van der Waals surface area contributed by atoms with Gasteiger partial charge in [-0.05, 0) is 36.8 Å². The molecule has 1 heterocycles. The fraction of sp³-hybridized carbons (Fsp3) is 0.200. The lowest BCUT2D eigenvalue weighted by atomic mass is 10.1. The highest BCUT2D eigenvalue weighted by molar-refractivity contribution is 6.30. The molecule has 2 aromatic carbocycles. The van der Waals surface area contributed by atoms with Crippen molar-refractivity contribution in [3.63, 3.8) is 0 Å². The van der Waals surface area contributed by atoms with E-state index in [1.54, 1.807) is 24.3 Å². The lowest BCUT2D eigenvalue weighted by Gasteiger charge is -2.16. The summed E-state index contributed by atoms with van der Waals surface area (Å²) in [5, 5.41) is 0.635. The Morgan fingerprint density at radius 2 is 1.69 bits per heavy atom. The van der Waals surface area contributed by atoms with Gasteiger partial charge in [0, 0.05) is 17.3 Å². The van der Waals surface area contributed by atoms with E-state index in [0.29, 0.717) is 23.9 Å². The number of ether oxygens (including phenoxy) is 1. The molecule has 3 rings (SSSR count). The first-order valence-electron chi connectivity index (χ1n) is 8.31. The Kier molecular flexibility index (Phi) is 5.58. The van der Waals surface area contributed by atoms with E-state index < -0.39 is 0 Å². The van der Waals surface area contributed by atoms with Crippen LogP contribution in [0.15, 0.2) is 76.4 Å². The van der Waals surface area contributed by atoms with Gasteiger partial charge in [0.25, 0.3) is 5.56 Å². The maximum Gasteiger partial charge on any atom is 0.331 e. The number of nitrogens with zero attached hydrogens (tertiary/aromatic N) is 2. The second-order valence-electron chi connectivity index (χ2n) is 5.89. The van der Waals surface area contributed by atoms with Crippen LogP contribution in [0.25, 0.3) is 0 Å². The van der Waals surface area contributed by atoms with Crippen LogP contribution in [0.1, 0.15) is 18.5 Å². The number of halogens is 1. The number of aromatic nitrogens is 2. The summed E-state index contributed by atoms with van der Waals surface area (Å²) >= 11 is 5.84. The smallest absolute Gasteiger partial charge is 0.331 e. The number of rotatable bonds is 6. The van der Waals surface area contributed by atoms with E-state index in [1.807, 2.05) is 37.3 Å². The number of hydrogen-bond donors (Lipinski definition) is 0. The largest absolute Gasteiger partial charge is 0.492 e. The highest BCUT2D eigenvalue weighted by atomic mass is 35.5. The van der Waals surface area contributed by atoms with Gasteiger partial charge >= 0.3 is 5.69 Å². The third-order valence-corrected chi connectivity index (χ3v) is 4.42. The van der Waals surface area contributed by atoms with E-state index in [2.05, 4.69) is 0 Å². The molecule has 1 aromatic heterocycles. The Balaban J connectivity index is 1.78. The molecule has 0 N–H and O–H groups in total. The number of benzene rings is 2. The first kappa shape index (κ1) is 18.0. The van der Waals surface area contributed by atoms with Crippen molar-refractivity contribution in [2.24, 2.45) is 0 Å². The van der Waals surface area contributed by atoms with Crippen LogP contribution in [-0.4, -0.2) is 15.7 Å². The summed E-state index contributed by atoms with van der Waals surface area (Å²) in [5.74, 6) is 0.674. The highest BCUT2D eigenvalue weighted by Gasteiger charge is 2.14. The van der Waals surface area contributed by atoms with Crippen molar-refractivity contribution in [1.29, 1.82) is 0 Å². The Hall–Kier alpha value is -2.79. The summed E-state index contributed by atoms with van der Waals surface area (Å²) in [5.41, 5.74) is 0.233. The van der Waals surface area contributed by atoms with Crippen molar-refractivity contribution < 1.29 is 4.74 Å². The standard InChI is InChI=1S/C20H19ClN2O3/c1-15(16-5-3-2-4-6-16)23-19(24)11-12-22(20(23)25)13-14-26-18-9-7-17(21)8-10-18/h2-12,15H,13-14H2,1H3/t15-/m1/s1. The zero-order valence-electron chi connectivity index (χ0n) is 14.3. The molecule has 0 saturated heterocycles. The molecule has 0 unspecified atom stereocenters. The van der Waals surface area contributed by atoms with Crippen molar-refractivity contribution in [1.82, 2.24) is 9.13 Å². The predicted octanol–water partition coefficient (Wildman–Crippen LogP) is 3.35. The molecule has 0 bridgehead atoms. The van der Waals surface area contributed by atoms with Gasteiger partial charge in [-0.3, -0.25) is 13.9 Å². The van der Waals surface area contributed by atoms with Crippen molar-refractivity contribution in [2.75, 3.05) is 6.61 Å². The van der Waals surface area contributed by atoms with Gasteiger partial charge in [0.05, 0.1) is 12.6 Å². The third kappa shape index (κ3) is 4.06. The molecule has 0 spiro atoms. The molecule has 0 radical (unpaired) electrons. The summed E-state index contributed by atoms with van der Waals surface area (Å²) in [6.45, 7) is 2.48. The molecular weight excluding hydrogens is 352 g/mol. The SMILES string of the molecule is C[C@H](c1ccccc1)n1c(=O)ccn(CCOc2ccc(Cl)cc2)c1=O. The molecule has 6 heteroatoms. The fourth-order valence-electron chi connectivity index (χ4n) is 2.73. The van der Waals surface area contributed by atoms with E-state index in [9.17, 15) is 9.59 Å². The average Bonchev–Trinajstić information content (AvgIpc) is 2.66. The molecular formula is C20H19ClN2O3. The summed E-state index contributed by atoms with van der Waals surface area (Å²) in [4.78, 5) is 25.0. The normalized spacial score (nSPS) is 11.9. The van der Waals surface area contributed by atoms with E-state index in [4.69, 9.17) is 16.3 Å². The topological polar surface area (TPSA) is 53.2 Å². The zero-order valence-corrected chi connectivity index (χ0v) is 15.1. The van der Waals surface area contributed by atoms with Crippen LogP contribution in [0, 0.1) is 0 Å². The Morgan fingerprint density at radius 1 is 1.00 bits per heavy atom. The molecule has 0 saturated carbocycles. The summed E-state index contributed by atoms with van der Waals surface area (Å²) in [7, 11) is 0. The van der Waals surface area contributed by atoms with Crippen molar-refractivity contribution in [3.8, 4) is 5.75 Å². The van der Waals surface area contributed by atoms with Crippen molar-refractivity contribution >= 4 is 11.6 Å². The molecule has 0 aliphatic carbocycles. The summed E-state index contributed by atoms with van der Waals surface area (Å²) in [6, 6.07) is 17.6. The minimum absolute atomic E-state index is 0.305. The van der Waals surface area contributed by atoms with Crippen LogP contribution < -0.4 is 16.0 Å². The van der Waals surface area contributed by atoms with Crippen LogP contribution in [-0.2, 0) is 6.54 Å². The molecule has 3 aromatic rings. The molecule has 0 fully saturated rings. The minimum atomic E-state index is -0.353. The van der Waals surface area contributed by atoms with Gasteiger partial charge < -0.3 is 4.74 Å². The van der Waals surface area contributed by atoms with Crippen molar-refractivity contribution in [2.45, 2.75) is 19.5 Å². The van der Waals surface area contributed by atoms with E-state index in [1.165, 1.54) is 21.4 Å². The molecule has 1 atom stereocenters. The molecule has 5 nitrogen and oxygen atoms in total. The van der Waals surface area contributed by atoms with Gasteiger partial charge in [-0.25, -0.2) is 4.79 Å². The average molecular weight is 371 g/mol. The van der Waals surface area contributed by atoms with E-state index in [0.717, 1.165) is 5.56 Å². The van der Waals surface area contributed by atoms with E-state index in [-0.39, 0.29) is 17.3 Å². The minimum Gasteiger partial charge on any atom is -0.492 e. The van der Waals surface area contributed by atoms with Crippen LogP contribution in [0.3, 0.4) is 0 Å². The summed E-state index contributed by atoms with van der Waals surface area (Å²) < 4.78 is 8.37. The molecule has 0 aliphatic heterocycles. The van der Waals surface area contributed by atoms with E-state index >= 15 is 0 Å². The Bertz CT molecular complexity index is 978. The van der Waals surface area contributed by atoms with Crippen LogP contribution in [0.2, 0.25) is 5.02 Å². The lowest BCUT2D eigenvalue weighted by Crippen LogP contribution is -2.41. The fourth-order valence-corrected chi connectivity index (χ4v) is 2.86. The summed E-state index contributed by atoms with van der Waals surface area (Å²) in [6.07, 6.45) is 1.50. The van der Waals surface area contributed by atoms with Gasteiger partial charge in [0.15, 0.2) is 0 Å². The van der Waals surface area contributed by atoms with Gasteiger partial charge in [0.1, 0.15) is 12.4 Å². The number of hydrogen-bond acceptors (Lipinski definition) is 3. The van der Waals surface area contributed by atoms with Gasteiger partial charge in [0.2, 0.25) is 0 Å². The van der Waals surface area contributed by atoms with Gasteiger partial charge in [-0.1, -0.05) is 41.9 Å². The maximum atomic E-state index is 12.7. The quantitative estimate of drug-likeness (QED) is 0.668. The van der Waals surface area contributed by atoms with Gasteiger partial charge in [-0.15, -0.1) is 0 Å². The second kappa shape index (κ2) is 8.06. The molecule has 0 amide bonds. The van der Waals surface area contributed by atoms with Crippen molar-refractivity contribution in [3.05, 3.63) is 98.3 Å². The first-order valence-corrected chi connectivity index (χ1v) is 8.69. The van der Waals surface area contributed by atoms with Crippen LogP contribution >= 0.6 is 11.6 Å². The Morgan fingerprint density at radius 3 is 2.38 bits per heavy atom. The van der Waals surface area contributed by atoms with Crippen LogP contribution in [0.4, 0.5) is 0 Å². The Labute approximate surface area is 156 Å². The monoisotopic (exact) mass is 370 g/mol.